The van der Waals surface area contributed by atoms with Crippen LogP contribution in [0.5, 0.6) is 0 Å². The van der Waals surface area contributed by atoms with Crippen molar-refractivity contribution in [2.75, 3.05) is 0 Å². The van der Waals surface area contributed by atoms with Gasteiger partial charge in [0.15, 0.2) is 5.82 Å². The maximum atomic E-state index is 6.25. The average Bonchev–Trinajstić information content (AvgIpc) is 3.11. The first-order chi connectivity index (χ1) is 11.1. The van der Waals surface area contributed by atoms with E-state index in [-0.39, 0.29) is 12.4 Å². The van der Waals surface area contributed by atoms with Crippen molar-refractivity contribution in [3.8, 4) is 17.1 Å². The minimum atomic E-state index is -0.432. The second kappa shape index (κ2) is 6.20. The van der Waals surface area contributed by atoms with Crippen molar-refractivity contribution in [1.82, 2.24) is 19.9 Å². The van der Waals surface area contributed by atoms with Crippen LogP contribution in [0.2, 0.25) is 5.02 Å². The molecule has 1 aliphatic carbocycles. The zero-order chi connectivity index (χ0) is 16.0. The van der Waals surface area contributed by atoms with Gasteiger partial charge in [0.25, 0.3) is 5.89 Å². The van der Waals surface area contributed by atoms with Gasteiger partial charge in [-0.05, 0) is 44.4 Å². The van der Waals surface area contributed by atoms with E-state index in [1.807, 2.05) is 31.2 Å². The Morgan fingerprint density at radius 1 is 1.33 bits per heavy atom. The van der Waals surface area contributed by atoms with E-state index < -0.39 is 5.54 Å². The van der Waals surface area contributed by atoms with Crippen molar-refractivity contribution in [1.29, 1.82) is 0 Å². The van der Waals surface area contributed by atoms with E-state index in [0.29, 0.717) is 16.7 Å². The van der Waals surface area contributed by atoms with Gasteiger partial charge >= 0.3 is 0 Å². The molecule has 2 aromatic heterocycles. The maximum absolute atomic E-state index is 6.25. The van der Waals surface area contributed by atoms with E-state index in [9.17, 15) is 0 Å². The third-order valence-electron chi connectivity index (χ3n) is 4.41. The third-order valence-corrected chi connectivity index (χ3v) is 4.65. The molecule has 0 unspecified atom stereocenters. The number of aromatic nitrogens is 4. The quantitative estimate of drug-likeness (QED) is 0.765. The lowest BCUT2D eigenvalue weighted by Gasteiger charge is -2.34. The number of halogens is 2. The molecule has 24 heavy (non-hydrogen) atoms. The highest BCUT2D eigenvalue weighted by molar-refractivity contribution is 6.30. The first kappa shape index (κ1) is 17.0. The van der Waals surface area contributed by atoms with Gasteiger partial charge in [0.05, 0.1) is 28.7 Å². The molecule has 0 saturated heterocycles. The van der Waals surface area contributed by atoms with Gasteiger partial charge < -0.3 is 10.3 Å². The molecule has 4 rings (SSSR count). The molecule has 0 amide bonds. The molecule has 2 N–H and O–H groups in total. The molecule has 1 fully saturated rings. The van der Waals surface area contributed by atoms with Crippen molar-refractivity contribution in [3.63, 3.8) is 0 Å². The molecule has 1 aliphatic rings. The first-order valence-corrected chi connectivity index (χ1v) is 7.89. The number of benzene rings is 1. The fraction of sp³-hybridized carbons (Fsp3) is 0.312. The van der Waals surface area contributed by atoms with Gasteiger partial charge in [0, 0.05) is 5.02 Å². The molecule has 126 valence electrons. The van der Waals surface area contributed by atoms with Crippen LogP contribution >= 0.6 is 24.0 Å². The number of hydrogen-bond donors (Lipinski definition) is 1. The summed E-state index contributed by atoms with van der Waals surface area (Å²) in [6, 6.07) is 7.51. The van der Waals surface area contributed by atoms with Crippen LogP contribution in [0.1, 0.15) is 30.8 Å². The lowest BCUT2D eigenvalue weighted by atomic mass is 9.77. The number of rotatable bonds is 3. The topological polar surface area (TPSA) is 82.8 Å². The molecule has 1 saturated carbocycles. The fourth-order valence-electron chi connectivity index (χ4n) is 2.80. The standard InChI is InChI=1S/C16H16ClN5O.ClH/c1-10-13(9-19-22(10)12-5-2-4-11(17)8-12)14-20-15(21-23-14)16(18)6-3-7-16;/h2,4-5,8-9H,3,6-7,18H2,1H3;1H. The Labute approximate surface area is 150 Å². The number of nitrogens with zero attached hydrogens (tertiary/aromatic N) is 4. The molecule has 6 nitrogen and oxygen atoms in total. The van der Waals surface area contributed by atoms with Gasteiger partial charge in [-0.15, -0.1) is 12.4 Å². The molecule has 1 aromatic carbocycles. The van der Waals surface area contributed by atoms with Gasteiger partial charge in [-0.3, -0.25) is 0 Å². The van der Waals surface area contributed by atoms with Crippen LogP contribution in [-0.4, -0.2) is 19.9 Å². The Morgan fingerprint density at radius 3 is 2.79 bits per heavy atom. The lowest BCUT2D eigenvalue weighted by molar-refractivity contribution is 0.229. The summed E-state index contributed by atoms with van der Waals surface area (Å²) in [6.07, 6.45) is 4.61. The Hall–Kier alpha value is -1.89. The monoisotopic (exact) mass is 365 g/mol. The highest BCUT2D eigenvalue weighted by Gasteiger charge is 2.39. The maximum Gasteiger partial charge on any atom is 0.261 e. The van der Waals surface area contributed by atoms with Crippen molar-refractivity contribution < 1.29 is 4.52 Å². The van der Waals surface area contributed by atoms with E-state index in [4.69, 9.17) is 21.9 Å². The summed E-state index contributed by atoms with van der Waals surface area (Å²) in [5.41, 5.74) is 8.40. The molecule has 8 heteroatoms. The van der Waals surface area contributed by atoms with Crippen LogP contribution in [0.4, 0.5) is 0 Å². The van der Waals surface area contributed by atoms with Crippen LogP contribution < -0.4 is 5.73 Å². The van der Waals surface area contributed by atoms with Gasteiger partial charge in [-0.25, -0.2) is 4.68 Å². The second-order valence-corrected chi connectivity index (χ2v) is 6.40. The zero-order valence-electron chi connectivity index (χ0n) is 13.1. The minimum absolute atomic E-state index is 0. The van der Waals surface area contributed by atoms with Crippen molar-refractivity contribution in [2.24, 2.45) is 5.73 Å². The Balaban J connectivity index is 0.00000169. The molecule has 0 radical (unpaired) electrons. The van der Waals surface area contributed by atoms with E-state index >= 15 is 0 Å². The summed E-state index contributed by atoms with van der Waals surface area (Å²) < 4.78 is 7.20. The molecular weight excluding hydrogens is 349 g/mol. The number of nitrogens with two attached hydrogens (primary N) is 1. The van der Waals surface area contributed by atoms with Gasteiger partial charge in [0.1, 0.15) is 0 Å². The summed E-state index contributed by atoms with van der Waals surface area (Å²) in [7, 11) is 0. The number of hydrogen-bond acceptors (Lipinski definition) is 5. The van der Waals surface area contributed by atoms with Gasteiger partial charge in [-0.2, -0.15) is 10.1 Å². The summed E-state index contributed by atoms with van der Waals surface area (Å²) in [5, 5.41) is 9.12. The molecule has 0 aliphatic heterocycles. The van der Waals surface area contributed by atoms with E-state index in [1.165, 1.54) is 0 Å². The third kappa shape index (κ3) is 2.70. The predicted molar refractivity (Wildman–Crippen MR) is 93.6 cm³/mol. The average molecular weight is 366 g/mol. The zero-order valence-corrected chi connectivity index (χ0v) is 14.6. The smallest absolute Gasteiger partial charge is 0.261 e. The van der Waals surface area contributed by atoms with Gasteiger partial charge in [-0.1, -0.05) is 22.8 Å². The van der Waals surface area contributed by atoms with Crippen molar-refractivity contribution in [2.45, 2.75) is 31.7 Å². The first-order valence-electron chi connectivity index (χ1n) is 7.51. The summed E-state index contributed by atoms with van der Waals surface area (Å²) in [4.78, 5) is 4.48. The lowest BCUT2D eigenvalue weighted by Crippen LogP contribution is -2.44. The molecule has 0 bridgehead atoms. The van der Waals surface area contributed by atoms with Crippen LogP contribution in [0, 0.1) is 6.92 Å². The second-order valence-electron chi connectivity index (χ2n) is 5.97. The van der Waals surface area contributed by atoms with E-state index in [0.717, 1.165) is 36.2 Å². The molecule has 0 spiro atoms. The summed E-state index contributed by atoms with van der Waals surface area (Å²) in [5.74, 6) is 1.02. The SMILES string of the molecule is Cc1c(-c2nc(C3(N)CCC3)no2)cnn1-c1cccc(Cl)c1.Cl. The van der Waals surface area contributed by atoms with Crippen LogP contribution in [-0.2, 0) is 5.54 Å². The fourth-order valence-corrected chi connectivity index (χ4v) is 2.99. The Morgan fingerprint density at radius 2 is 2.12 bits per heavy atom. The highest BCUT2D eigenvalue weighted by atomic mass is 35.5. The van der Waals surface area contributed by atoms with Crippen LogP contribution in [0.3, 0.4) is 0 Å². The summed E-state index contributed by atoms with van der Waals surface area (Å²) in [6.45, 7) is 1.95. The molecule has 2 heterocycles. The van der Waals surface area contributed by atoms with E-state index in [1.54, 1.807) is 10.9 Å². The van der Waals surface area contributed by atoms with E-state index in [2.05, 4.69) is 15.2 Å². The molecular formula is C16H17Cl2N5O. The Kier molecular flexibility index (Phi) is 4.38. The molecule has 3 aromatic rings. The van der Waals surface area contributed by atoms with Crippen LogP contribution in [0.15, 0.2) is 35.0 Å². The van der Waals surface area contributed by atoms with Gasteiger partial charge in [0.2, 0.25) is 0 Å². The highest BCUT2D eigenvalue weighted by Crippen LogP contribution is 2.38. The minimum Gasteiger partial charge on any atom is -0.334 e. The van der Waals surface area contributed by atoms with Crippen LogP contribution in [0.25, 0.3) is 17.1 Å². The normalized spacial score (nSPS) is 15.6. The Bertz CT molecular complexity index is 869. The largest absolute Gasteiger partial charge is 0.334 e. The van der Waals surface area contributed by atoms with Crippen molar-refractivity contribution >= 4 is 24.0 Å². The molecule has 0 atom stereocenters. The predicted octanol–water partition coefficient (Wildman–Crippen LogP) is 3.64. The van der Waals surface area contributed by atoms with Crippen molar-refractivity contribution in [3.05, 3.63) is 47.0 Å². The summed E-state index contributed by atoms with van der Waals surface area (Å²) >= 11 is 6.05.